The van der Waals surface area contributed by atoms with Gasteiger partial charge in [-0.05, 0) is 73.0 Å². The Kier molecular flexibility index (Phi) is 7.80. The van der Waals surface area contributed by atoms with Gasteiger partial charge >= 0.3 is 0 Å². The molecule has 0 saturated carbocycles. The first kappa shape index (κ1) is 24.8. The first-order chi connectivity index (χ1) is 15.5. The number of nitrogens with one attached hydrogen (secondary N) is 1. The van der Waals surface area contributed by atoms with Crippen molar-refractivity contribution in [1.29, 1.82) is 0 Å². The number of amides is 2. The number of benzene rings is 3. The summed E-state index contributed by atoms with van der Waals surface area (Å²) in [5.41, 5.74) is 1.67. The van der Waals surface area contributed by atoms with Crippen molar-refractivity contribution in [3.05, 3.63) is 76.3 Å². The van der Waals surface area contributed by atoms with E-state index in [1.165, 1.54) is 0 Å². The van der Waals surface area contributed by atoms with Crippen LogP contribution in [0.1, 0.15) is 38.8 Å². The van der Waals surface area contributed by atoms with Gasteiger partial charge in [0, 0.05) is 12.1 Å². The molecular formula is C27H31BrN2O3. The molecule has 0 fully saturated rings. The molecule has 3 rings (SSSR count). The van der Waals surface area contributed by atoms with Gasteiger partial charge in [0.15, 0.2) is 6.61 Å². The van der Waals surface area contributed by atoms with Gasteiger partial charge in [-0.2, -0.15) is 0 Å². The second-order valence-corrected chi connectivity index (χ2v) is 10.1. The van der Waals surface area contributed by atoms with Gasteiger partial charge in [0.2, 0.25) is 5.91 Å². The van der Waals surface area contributed by atoms with Gasteiger partial charge in [-0.25, -0.2) is 0 Å². The van der Waals surface area contributed by atoms with Crippen molar-refractivity contribution >= 4 is 38.5 Å². The molecule has 33 heavy (non-hydrogen) atoms. The molecule has 3 aromatic carbocycles. The molecule has 3 aromatic rings. The molecule has 1 N–H and O–H groups in total. The molecule has 0 saturated heterocycles. The number of hydrogen-bond donors (Lipinski definition) is 1. The van der Waals surface area contributed by atoms with Crippen LogP contribution >= 0.6 is 15.9 Å². The molecule has 0 radical (unpaired) electrons. The lowest BCUT2D eigenvalue weighted by Crippen LogP contribution is -2.53. The Morgan fingerprint density at radius 2 is 1.79 bits per heavy atom. The fourth-order valence-electron chi connectivity index (χ4n) is 3.61. The van der Waals surface area contributed by atoms with E-state index in [1.807, 2.05) is 88.4 Å². The summed E-state index contributed by atoms with van der Waals surface area (Å²) in [6, 6.07) is 19.1. The number of rotatable bonds is 7. The van der Waals surface area contributed by atoms with Crippen molar-refractivity contribution in [3.63, 3.8) is 0 Å². The summed E-state index contributed by atoms with van der Waals surface area (Å²) in [4.78, 5) is 27.8. The molecule has 0 bridgehead atoms. The number of hydrogen-bond acceptors (Lipinski definition) is 3. The lowest BCUT2D eigenvalue weighted by Gasteiger charge is -2.31. The predicted molar refractivity (Wildman–Crippen MR) is 136 cm³/mol. The Labute approximate surface area is 204 Å². The van der Waals surface area contributed by atoms with Crippen LogP contribution in [0.5, 0.6) is 5.75 Å². The van der Waals surface area contributed by atoms with Gasteiger partial charge in [-0.3, -0.25) is 9.59 Å². The molecule has 2 amide bonds. The van der Waals surface area contributed by atoms with Gasteiger partial charge in [0.1, 0.15) is 11.8 Å². The molecule has 174 valence electrons. The van der Waals surface area contributed by atoms with Crippen LogP contribution in [0.15, 0.2) is 65.1 Å². The maximum absolute atomic E-state index is 13.3. The van der Waals surface area contributed by atoms with Crippen LogP contribution in [-0.4, -0.2) is 34.9 Å². The Morgan fingerprint density at radius 1 is 1.06 bits per heavy atom. The SMILES string of the molecule is Cc1cccc(CN(C(=O)COc2ccc3ccccc3c2Br)C(C)C(=O)NC(C)(C)C)c1. The van der Waals surface area contributed by atoms with E-state index < -0.39 is 11.6 Å². The molecular weight excluding hydrogens is 480 g/mol. The van der Waals surface area contributed by atoms with Crippen molar-refractivity contribution in [2.75, 3.05) is 6.61 Å². The molecule has 0 aliphatic carbocycles. The zero-order valence-electron chi connectivity index (χ0n) is 19.8. The van der Waals surface area contributed by atoms with Crippen molar-refractivity contribution < 1.29 is 14.3 Å². The van der Waals surface area contributed by atoms with Crippen molar-refractivity contribution in [1.82, 2.24) is 10.2 Å². The fraction of sp³-hybridized carbons (Fsp3) is 0.333. The topological polar surface area (TPSA) is 58.6 Å². The maximum atomic E-state index is 13.3. The summed E-state index contributed by atoms with van der Waals surface area (Å²) >= 11 is 3.60. The van der Waals surface area contributed by atoms with E-state index in [4.69, 9.17) is 4.74 Å². The fourth-order valence-corrected chi connectivity index (χ4v) is 4.22. The van der Waals surface area contributed by atoms with Crippen LogP contribution in [0.3, 0.4) is 0 Å². The molecule has 0 aliphatic rings. The third-order valence-corrected chi connectivity index (χ3v) is 6.10. The van der Waals surface area contributed by atoms with E-state index in [0.29, 0.717) is 12.3 Å². The molecule has 1 unspecified atom stereocenters. The van der Waals surface area contributed by atoms with Crippen molar-refractivity contribution in [2.24, 2.45) is 0 Å². The number of nitrogens with zero attached hydrogens (tertiary/aromatic N) is 1. The van der Waals surface area contributed by atoms with E-state index in [-0.39, 0.29) is 18.4 Å². The highest BCUT2D eigenvalue weighted by Crippen LogP contribution is 2.33. The van der Waals surface area contributed by atoms with E-state index in [0.717, 1.165) is 26.4 Å². The number of ether oxygens (including phenoxy) is 1. The third kappa shape index (κ3) is 6.57. The normalized spacial score (nSPS) is 12.3. The van der Waals surface area contributed by atoms with Gasteiger partial charge in [-0.15, -0.1) is 0 Å². The predicted octanol–water partition coefficient (Wildman–Crippen LogP) is 5.62. The zero-order chi connectivity index (χ0) is 24.2. The summed E-state index contributed by atoms with van der Waals surface area (Å²) in [6.07, 6.45) is 0. The second-order valence-electron chi connectivity index (χ2n) is 9.31. The van der Waals surface area contributed by atoms with Crippen LogP contribution in [-0.2, 0) is 16.1 Å². The number of carbonyl (C=O) groups is 2. The summed E-state index contributed by atoms with van der Waals surface area (Å²) in [7, 11) is 0. The minimum absolute atomic E-state index is 0.171. The molecule has 0 spiro atoms. The standard InChI is InChI=1S/C27H31BrN2O3/c1-18-9-8-10-20(15-18)16-30(19(2)26(32)29-27(3,4)5)24(31)17-33-23-14-13-21-11-6-7-12-22(21)25(23)28/h6-15,19H,16-17H2,1-5H3,(H,29,32). The van der Waals surface area contributed by atoms with Crippen LogP contribution in [0.2, 0.25) is 0 Å². The maximum Gasteiger partial charge on any atom is 0.261 e. The minimum Gasteiger partial charge on any atom is -0.483 e. The van der Waals surface area contributed by atoms with Crippen molar-refractivity contribution in [2.45, 2.75) is 52.7 Å². The average Bonchev–Trinajstić information content (AvgIpc) is 2.75. The smallest absolute Gasteiger partial charge is 0.261 e. The second kappa shape index (κ2) is 10.4. The molecule has 0 heterocycles. The molecule has 1 atom stereocenters. The summed E-state index contributed by atoms with van der Waals surface area (Å²) in [5, 5.41) is 5.06. The lowest BCUT2D eigenvalue weighted by atomic mass is 10.1. The van der Waals surface area contributed by atoms with E-state index in [2.05, 4.69) is 21.2 Å². The van der Waals surface area contributed by atoms with E-state index >= 15 is 0 Å². The lowest BCUT2D eigenvalue weighted by molar-refractivity contribution is -0.142. The van der Waals surface area contributed by atoms with Crippen LogP contribution < -0.4 is 10.1 Å². The Morgan fingerprint density at radius 3 is 2.48 bits per heavy atom. The molecule has 6 heteroatoms. The molecule has 0 aliphatic heterocycles. The van der Waals surface area contributed by atoms with Gasteiger partial charge in [0.25, 0.3) is 5.91 Å². The Balaban J connectivity index is 1.81. The number of halogens is 1. The van der Waals surface area contributed by atoms with E-state index in [1.54, 1.807) is 11.8 Å². The quantitative estimate of drug-likeness (QED) is 0.448. The summed E-state index contributed by atoms with van der Waals surface area (Å²) in [6.45, 7) is 9.67. The van der Waals surface area contributed by atoms with Gasteiger partial charge in [-0.1, -0.05) is 60.2 Å². The zero-order valence-corrected chi connectivity index (χ0v) is 21.4. The highest BCUT2D eigenvalue weighted by atomic mass is 79.9. The van der Waals surface area contributed by atoms with Gasteiger partial charge < -0.3 is 15.0 Å². The van der Waals surface area contributed by atoms with E-state index in [9.17, 15) is 9.59 Å². The molecule has 0 aromatic heterocycles. The highest BCUT2D eigenvalue weighted by Gasteiger charge is 2.28. The average molecular weight is 511 g/mol. The summed E-state index contributed by atoms with van der Waals surface area (Å²) in [5.74, 6) is 0.132. The first-order valence-electron chi connectivity index (χ1n) is 11.0. The highest BCUT2D eigenvalue weighted by molar-refractivity contribution is 9.10. The van der Waals surface area contributed by atoms with Crippen LogP contribution in [0.25, 0.3) is 10.8 Å². The van der Waals surface area contributed by atoms with Gasteiger partial charge in [0.05, 0.1) is 4.47 Å². The largest absolute Gasteiger partial charge is 0.483 e. The first-order valence-corrected chi connectivity index (χ1v) is 11.8. The van der Waals surface area contributed by atoms with Crippen LogP contribution in [0, 0.1) is 6.92 Å². The Bertz CT molecular complexity index is 1150. The third-order valence-electron chi connectivity index (χ3n) is 5.28. The summed E-state index contributed by atoms with van der Waals surface area (Å²) < 4.78 is 6.71. The monoisotopic (exact) mass is 510 g/mol. The minimum atomic E-state index is -0.652. The number of fused-ring (bicyclic) bond motifs is 1. The van der Waals surface area contributed by atoms with Crippen molar-refractivity contribution in [3.8, 4) is 5.75 Å². The Hall–Kier alpha value is -2.86. The number of aryl methyl sites for hydroxylation is 1. The number of carbonyl (C=O) groups excluding carboxylic acids is 2. The molecule has 5 nitrogen and oxygen atoms in total. The van der Waals surface area contributed by atoms with Crippen LogP contribution in [0.4, 0.5) is 0 Å².